The molecule has 0 aliphatic heterocycles. The predicted molar refractivity (Wildman–Crippen MR) is 101 cm³/mol. The van der Waals surface area contributed by atoms with E-state index in [0.717, 1.165) is 26.1 Å². The summed E-state index contributed by atoms with van der Waals surface area (Å²) in [5.41, 5.74) is 2.28. The van der Waals surface area contributed by atoms with E-state index in [0.29, 0.717) is 12.1 Å². The van der Waals surface area contributed by atoms with Crippen molar-refractivity contribution in [3.8, 4) is 11.3 Å². The third kappa shape index (κ3) is 2.55. The smallest absolute Gasteiger partial charge is 0.261 e. The zero-order valence-electron chi connectivity index (χ0n) is 14.5. The molecule has 2 aromatic heterocycles. The number of rotatable bonds is 3. The first kappa shape index (κ1) is 16.7. The maximum absolute atomic E-state index is 13.0. The Balaban J connectivity index is 1.75. The molecular weight excluding hydrogens is 348 g/mol. The number of fused-ring (bicyclic) bond motifs is 1. The summed E-state index contributed by atoms with van der Waals surface area (Å²) in [7, 11) is -3.70. The Hall–Kier alpha value is -2.80. The van der Waals surface area contributed by atoms with Crippen molar-refractivity contribution in [3.63, 3.8) is 0 Å². The maximum Gasteiger partial charge on any atom is 0.264 e. The largest absolute Gasteiger partial charge is 0.264 e. The van der Waals surface area contributed by atoms with Gasteiger partial charge in [-0.2, -0.15) is 0 Å². The molecule has 1 atom stereocenters. The molecule has 1 aliphatic rings. The number of pyridine rings is 1. The van der Waals surface area contributed by atoms with Crippen LogP contribution >= 0.6 is 0 Å². The second kappa shape index (κ2) is 5.88. The minimum Gasteiger partial charge on any atom is -0.261 e. The number of benzene rings is 1. The van der Waals surface area contributed by atoms with Gasteiger partial charge in [0.15, 0.2) is 0 Å². The third-order valence-corrected chi connectivity index (χ3v) is 6.94. The standard InChI is InChI=1S/C19H18N4O2S/c1-14-17-7-6-16(12-15(17)8-11-20-14)18-13-23(22-21-18)26(24,25)19(2)9-4-3-5-10-19/h3-9,11-13H,10H2,1-2H3. The zero-order valence-corrected chi connectivity index (χ0v) is 15.3. The molecule has 0 fully saturated rings. The van der Waals surface area contributed by atoms with Crippen LogP contribution in [0.25, 0.3) is 22.0 Å². The molecule has 2 heterocycles. The van der Waals surface area contributed by atoms with E-state index in [9.17, 15) is 8.42 Å². The lowest BCUT2D eigenvalue weighted by Crippen LogP contribution is -2.38. The molecule has 7 heteroatoms. The molecule has 3 aromatic rings. The van der Waals surface area contributed by atoms with E-state index >= 15 is 0 Å². The van der Waals surface area contributed by atoms with Crippen LogP contribution in [0.15, 0.2) is 61.0 Å². The van der Waals surface area contributed by atoms with E-state index in [1.807, 2.05) is 43.3 Å². The van der Waals surface area contributed by atoms with Crippen molar-refractivity contribution >= 4 is 20.8 Å². The van der Waals surface area contributed by atoms with Gasteiger partial charge in [0.1, 0.15) is 10.4 Å². The molecule has 0 saturated heterocycles. The lowest BCUT2D eigenvalue weighted by atomic mass is 10.0. The lowest BCUT2D eigenvalue weighted by Gasteiger charge is -2.25. The molecule has 26 heavy (non-hydrogen) atoms. The second-order valence-corrected chi connectivity index (χ2v) is 8.87. The molecule has 4 rings (SSSR count). The Kier molecular flexibility index (Phi) is 3.77. The number of hydrogen-bond donors (Lipinski definition) is 0. The number of nitrogens with zero attached hydrogens (tertiary/aromatic N) is 4. The molecule has 1 aromatic carbocycles. The molecule has 0 N–H and O–H groups in total. The van der Waals surface area contributed by atoms with Crippen molar-refractivity contribution in [2.24, 2.45) is 0 Å². The summed E-state index contributed by atoms with van der Waals surface area (Å²) in [6, 6.07) is 7.77. The highest BCUT2D eigenvalue weighted by molar-refractivity contribution is 7.91. The Morgan fingerprint density at radius 1 is 1.19 bits per heavy atom. The zero-order chi connectivity index (χ0) is 18.4. The van der Waals surface area contributed by atoms with Crippen LogP contribution in [0.5, 0.6) is 0 Å². The summed E-state index contributed by atoms with van der Waals surface area (Å²) in [5.74, 6) is 0. The van der Waals surface area contributed by atoms with E-state index in [1.54, 1.807) is 25.3 Å². The van der Waals surface area contributed by atoms with E-state index in [2.05, 4.69) is 15.3 Å². The minimum absolute atomic E-state index is 0.406. The van der Waals surface area contributed by atoms with Crippen LogP contribution in [0.3, 0.4) is 0 Å². The molecular formula is C19H18N4O2S. The van der Waals surface area contributed by atoms with Gasteiger partial charge in [0.25, 0.3) is 10.0 Å². The van der Waals surface area contributed by atoms with Crippen molar-refractivity contribution in [2.45, 2.75) is 25.0 Å². The Labute approximate surface area is 151 Å². The van der Waals surface area contributed by atoms with Crippen LogP contribution in [0.1, 0.15) is 19.0 Å². The predicted octanol–water partition coefficient (Wildman–Crippen LogP) is 3.25. The van der Waals surface area contributed by atoms with Gasteiger partial charge >= 0.3 is 0 Å². The van der Waals surface area contributed by atoms with Crippen LogP contribution < -0.4 is 0 Å². The Morgan fingerprint density at radius 3 is 2.81 bits per heavy atom. The number of allylic oxidation sites excluding steroid dienone is 3. The average Bonchev–Trinajstić information content (AvgIpc) is 3.13. The van der Waals surface area contributed by atoms with E-state index < -0.39 is 14.8 Å². The van der Waals surface area contributed by atoms with E-state index in [4.69, 9.17) is 0 Å². The SMILES string of the molecule is Cc1nccc2cc(-c3cn(S(=O)(=O)C4(C)C=CC=CC4)nn3)ccc12. The van der Waals surface area contributed by atoms with Crippen molar-refractivity contribution < 1.29 is 8.42 Å². The number of aromatic nitrogens is 4. The van der Waals surface area contributed by atoms with Crippen LogP contribution in [0.4, 0.5) is 0 Å². The summed E-state index contributed by atoms with van der Waals surface area (Å²) >= 11 is 0. The summed E-state index contributed by atoms with van der Waals surface area (Å²) in [5, 5.41) is 10.1. The first-order chi connectivity index (χ1) is 12.4. The highest BCUT2D eigenvalue weighted by Crippen LogP contribution is 2.29. The van der Waals surface area contributed by atoms with Gasteiger partial charge in [-0.25, -0.2) is 8.42 Å². The van der Waals surface area contributed by atoms with Gasteiger partial charge in [-0.05, 0) is 37.8 Å². The maximum atomic E-state index is 13.0. The van der Waals surface area contributed by atoms with Gasteiger partial charge in [0.05, 0.1) is 6.20 Å². The van der Waals surface area contributed by atoms with Crippen molar-refractivity contribution in [3.05, 3.63) is 66.7 Å². The Bertz CT molecular complexity index is 1160. The average molecular weight is 366 g/mol. The highest BCUT2D eigenvalue weighted by atomic mass is 32.2. The minimum atomic E-state index is -3.70. The van der Waals surface area contributed by atoms with Gasteiger partial charge in [-0.3, -0.25) is 4.98 Å². The van der Waals surface area contributed by atoms with Crippen molar-refractivity contribution in [2.75, 3.05) is 0 Å². The molecule has 1 aliphatic carbocycles. The van der Waals surface area contributed by atoms with Crippen molar-refractivity contribution in [1.82, 2.24) is 19.4 Å². The monoisotopic (exact) mass is 366 g/mol. The number of hydrogen-bond acceptors (Lipinski definition) is 5. The fourth-order valence-electron chi connectivity index (χ4n) is 3.10. The summed E-state index contributed by atoms with van der Waals surface area (Å²) < 4.78 is 25.9. The molecule has 0 amide bonds. The molecule has 0 bridgehead atoms. The number of aryl methyl sites for hydroxylation is 1. The van der Waals surface area contributed by atoms with Gasteiger partial charge in [0.2, 0.25) is 0 Å². The van der Waals surface area contributed by atoms with E-state index in [1.165, 1.54) is 6.20 Å². The topological polar surface area (TPSA) is 77.7 Å². The second-order valence-electron chi connectivity index (χ2n) is 6.62. The van der Waals surface area contributed by atoms with Crippen LogP contribution in [-0.4, -0.2) is 32.5 Å². The summed E-state index contributed by atoms with van der Waals surface area (Å²) in [6.07, 6.45) is 10.8. The fourth-order valence-corrected chi connectivity index (χ4v) is 4.46. The van der Waals surface area contributed by atoms with Crippen molar-refractivity contribution in [1.29, 1.82) is 0 Å². The fraction of sp³-hybridized carbons (Fsp3) is 0.211. The normalized spacial score (nSPS) is 19.9. The van der Waals surface area contributed by atoms with E-state index in [-0.39, 0.29) is 0 Å². The molecule has 132 valence electrons. The molecule has 1 unspecified atom stereocenters. The lowest BCUT2D eigenvalue weighted by molar-refractivity contribution is 0.543. The summed E-state index contributed by atoms with van der Waals surface area (Å²) in [4.78, 5) is 4.28. The van der Waals surface area contributed by atoms with Gasteiger partial charge in [-0.1, -0.05) is 41.7 Å². The molecule has 0 saturated carbocycles. The first-order valence-electron chi connectivity index (χ1n) is 8.28. The van der Waals surface area contributed by atoms with Crippen LogP contribution in [0, 0.1) is 6.92 Å². The van der Waals surface area contributed by atoms with Gasteiger partial charge < -0.3 is 0 Å². The molecule has 0 spiro atoms. The first-order valence-corrected chi connectivity index (χ1v) is 9.72. The Morgan fingerprint density at radius 2 is 2.04 bits per heavy atom. The van der Waals surface area contributed by atoms with Gasteiger partial charge in [0, 0.05) is 22.8 Å². The van der Waals surface area contributed by atoms with Gasteiger partial charge in [-0.15, -0.1) is 9.19 Å². The van der Waals surface area contributed by atoms with Crippen LogP contribution in [-0.2, 0) is 10.0 Å². The third-order valence-electron chi connectivity index (χ3n) is 4.79. The quantitative estimate of drug-likeness (QED) is 0.711. The van der Waals surface area contributed by atoms with Crippen LogP contribution in [0.2, 0.25) is 0 Å². The molecule has 6 nitrogen and oxygen atoms in total. The summed E-state index contributed by atoms with van der Waals surface area (Å²) in [6.45, 7) is 3.65. The molecule has 0 radical (unpaired) electrons. The highest BCUT2D eigenvalue weighted by Gasteiger charge is 2.39.